The van der Waals surface area contributed by atoms with E-state index >= 15 is 0 Å². The van der Waals surface area contributed by atoms with Crippen molar-refractivity contribution in [3.05, 3.63) is 83.4 Å². The predicted molar refractivity (Wildman–Crippen MR) is 168 cm³/mol. The molecule has 0 amide bonds. The Labute approximate surface area is 256 Å². The van der Waals surface area contributed by atoms with E-state index in [0.717, 1.165) is 47.8 Å². The lowest BCUT2D eigenvalue weighted by Gasteiger charge is -2.66. The van der Waals surface area contributed by atoms with Gasteiger partial charge in [-0.15, -0.1) is 0 Å². The van der Waals surface area contributed by atoms with E-state index in [1.807, 2.05) is 18.2 Å². The summed E-state index contributed by atoms with van der Waals surface area (Å²) in [6.07, 6.45) is 9.25. The standard InChI is InChI=1S/C38H44N2O3/c1-41-29-9-6-10-30(20-29)43-36-32(42-2)14-13-27-19-33-37-16-15-31-34(28(21-37)24-40(31)23-25-7-4-3-5-8-25)38(37,35(27)36)17-18-39(33)22-26-11-12-26/h3-10,13-14,20,26,28,31,33-34H,11-12,15-19,21-24H2,1-2H3. The number of hydrogen-bond donors (Lipinski definition) is 0. The minimum absolute atomic E-state index is 0.118. The second-order valence-electron chi connectivity index (χ2n) is 14.5. The molecule has 6 unspecified atom stereocenters. The van der Waals surface area contributed by atoms with Crippen molar-refractivity contribution in [2.24, 2.45) is 23.2 Å². The lowest BCUT2D eigenvalue weighted by Crippen LogP contribution is -2.69. The largest absolute Gasteiger partial charge is 0.497 e. The minimum atomic E-state index is 0.118. The quantitative estimate of drug-likeness (QED) is 0.286. The lowest BCUT2D eigenvalue weighted by atomic mass is 9.43. The molecule has 2 aliphatic heterocycles. The average molecular weight is 577 g/mol. The minimum Gasteiger partial charge on any atom is -0.497 e. The molecule has 224 valence electrons. The van der Waals surface area contributed by atoms with Crippen LogP contribution in [0.1, 0.15) is 55.2 Å². The summed E-state index contributed by atoms with van der Waals surface area (Å²) in [6, 6.07) is 25.1. The highest BCUT2D eigenvalue weighted by molar-refractivity contribution is 5.61. The number of nitrogens with zero attached hydrogens (tertiary/aromatic N) is 2. The molecule has 3 aromatic carbocycles. The Morgan fingerprint density at radius 2 is 1.72 bits per heavy atom. The van der Waals surface area contributed by atoms with E-state index in [1.165, 1.54) is 74.8 Å². The van der Waals surface area contributed by atoms with Crippen LogP contribution in [0.5, 0.6) is 23.0 Å². The molecule has 0 radical (unpaired) electrons. The Balaban J connectivity index is 1.20. The van der Waals surface area contributed by atoms with Gasteiger partial charge in [-0.1, -0.05) is 42.5 Å². The lowest BCUT2D eigenvalue weighted by molar-refractivity contribution is -0.106. The first-order chi connectivity index (χ1) is 21.1. The van der Waals surface area contributed by atoms with Gasteiger partial charge in [-0.25, -0.2) is 0 Å². The number of fused-ring (bicyclic) bond motifs is 1. The molecule has 4 aliphatic carbocycles. The van der Waals surface area contributed by atoms with Crippen molar-refractivity contribution < 1.29 is 14.2 Å². The Kier molecular flexibility index (Phi) is 5.98. The molecular weight excluding hydrogens is 532 g/mol. The topological polar surface area (TPSA) is 34.2 Å². The Morgan fingerprint density at radius 3 is 2.53 bits per heavy atom. The van der Waals surface area contributed by atoms with E-state index in [0.29, 0.717) is 23.4 Å². The summed E-state index contributed by atoms with van der Waals surface area (Å²) in [4.78, 5) is 5.83. The van der Waals surface area contributed by atoms with Gasteiger partial charge in [0.1, 0.15) is 11.5 Å². The van der Waals surface area contributed by atoms with Crippen LogP contribution in [0.15, 0.2) is 66.7 Å². The Morgan fingerprint density at radius 1 is 0.860 bits per heavy atom. The summed E-state index contributed by atoms with van der Waals surface area (Å²) in [5.74, 6) is 5.79. The molecule has 6 atom stereocenters. The van der Waals surface area contributed by atoms with Gasteiger partial charge < -0.3 is 14.2 Å². The molecule has 6 aliphatic rings. The second-order valence-corrected chi connectivity index (χ2v) is 14.5. The van der Waals surface area contributed by atoms with Crippen LogP contribution in [0.25, 0.3) is 0 Å². The summed E-state index contributed by atoms with van der Waals surface area (Å²) >= 11 is 0. The fraction of sp³-hybridized carbons (Fsp3) is 0.526. The summed E-state index contributed by atoms with van der Waals surface area (Å²) in [6.45, 7) is 4.82. The number of benzene rings is 3. The van der Waals surface area contributed by atoms with Gasteiger partial charge in [-0.3, -0.25) is 9.80 Å². The van der Waals surface area contributed by atoms with E-state index in [2.05, 4.69) is 58.3 Å². The highest BCUT2D eigenvalue weighted by atomic mass is 16.5. The maximum absolute atomic E-state index is 6.98. The maximum Gasteiger partial charge on any atom is 0.173 e. The van der Waals surface area contributed by atoms with E-state index in [-0.39, 0.29) is 5.41 Å². The third-order valence-corrected chi connectivity index (χ3v) is 12.7. The van der Waals surface area contributed by atoms with Gasteiger partial charge in [-0.2, -0.15) is 0 Å². The predicted octanol–water partition coefficient (Wildman–Crippen LogP) is 7.08. The van der Waals surface area contributed by atoms with Crippen molar-refractivity contribution in [1.29, 1.82) is 0 Å². The van der Waals surface area contributed by atoms with Crippen LogP contribution in [0.3, 0.4) is 0 Å². The van der Waals surface area contributed by atoms with Gasteiger partial charge in [0, 0.05) is 48.8 Å². The first-order valence-electron chi connectivity index (χ1n) is 16.7. The zero-order chi connectivity index (χ0) is 28.8. The molecule has 5 nitrogen and oxygen atoms in total. The molecule has 5 heteroatoms. The second kappa shape index (κ2) is 9.74. The molecular formula is C38H44N2O3. The van der Waals surface area contributed by atoms with Crippen molar-refractivity contribution in [3.63, 3.8) is 0 Å². The van der Waals surface area contributed by atoms with Gasteiger partial charge in [0.05, 0.1) is 14.2 Å². The maximum atomic E-state index is 6.98. The summed E-state index contributed by atoms with van der Waals surface area (Å²) in [5, 5.41) is 0. The van der Waals surface area contributed by atoms with Crippen molar-refractivity contribution in [2.75, 3.05) is 33.9 Å². The number of methoxy groups -OCH3 is 2. The molecule has 43 heavy (non-hydrogen) atoms. The van der Waals surface area contributed by atoms with Crippen LogP contribution in [0.2, 0.25) is 0 Å². The molecule has 0 N–H and O–H groups in total. The smallest absolute Gasteiger partial charge is 0.173 e. The van der Waals surface area contributed by atoms with Crippen molar-refractivity contribution in [2.45, 2.75) is 69.0 Å². The third-order valence-electron chi connectivity index (χ3n) is 12.7. The van der Waals surface area contributed by atoms with E-state index in [9.17, 15) is 0 Å². The number of likely N-dealkylation sites (tertiary alicyclic amines) is 2. The molecule has 0 spiro atoms. The molecule has 0 aromatic heterocycles. The van der Waals surface area contributed by atoms with Crippen LogP contribution < -0.4 is 14.2 Å². The van der Waals surface area contributed by atoms with Gasteiger partial charge in [0.2, 0.25) is 0 Å². The molecule has 3 saturated carbocycles. The highest BCUT2D eigenvalue weighted by Crippen LogP contribution is 2.77. The van der Waals surface area contributed by atoms with Gasteiger partial charge in [-0.05, 0) is 104 Å². The zero-order valence-electron chi connectivity index (χ0n) is 25.6. The molecule has 4 bridgehead atoms. The van der Waals surface area contributed by atoms with Crippen LogP contribution in [-0.2, 0) is 18.4 Å². The van der Waals surface area contributed by atoms with Crippen LogP contribution in [0.4, 0.5) is 0 Å². The van der Waals surface area contributed by atoms with E-state index in [1.54, 1.807) is 14.2 Å². The fourth-order valence-electron chi connectivity index (χ4n) is 11.2. The van der Waals surface area contributed by atoms with Crippen molar-refractivity contribution in [3.8, 4) is 23.0 Å². The van der Waals surface area contributed by atoms with E-state index < -0.39 is 0 Å². The third kappa shape index (κ3) is 3.77. The SMILES string of the molecule is COc1cccc(Oc2c(OC)ccc3c2C24CCN(CC5CC5)C(C3)C23CCC2C4C(CN2Cc2ccccc2)C3)c1. The van der Waals surface area contributed by atoms with Crippen molar-refractivity contribution >= 4 is 0 Å². The normalized spacial score (nSPS) is 34.0. The first-order valence-corrected chi connectivity index (χ1v) is 16.7. The number of ether oxygens (including phenoxy) is 3. The van der Waals surface area contributed by atoms with Crippen LogP contribution in [0, 0.1) is 23.2 Å². The van der Waals surface area contributed by atoms with Gasteiger partial charge in [0.25, 0.3) is 0 Å². The van der Waals surface area contributed by atoms with Gasteiger partial charge >= 0.3 is 0 Å². The van der Waals surface area contributed by atoms with Crippen LogP contribution >= 0.6 is 0 Å². The number of hydrogen-bond acceptors (Lipinski definition) is 5. The summed E-state index contributed by atoms with van der Waals surface area (Å²) in [5.41, 5.74) is 4.88. The molecule has 2 heterocycles. The van der Waals surface area contributed by atoms with Crippen LogP contribution in [-0.4, -0.2) is 55.7 Å². The molecule has 3 aromatic rings. The average Bonchev–Trinajstić information content (AvgIpc) is 3.75. The Hall–Kier alpha value is -3.02. The first kappa shape index (κ1) is 26.4. The molecule has 2 saturated heterocycles. The highest BCUT2D eigenvalue weighted by Gasteiger charge is 2.76. The molecule has 5 fully saturated rings. The number of rotatable bonds is 8. The molecule has 9 rings (SSSR count). The zero-order valence-corrected chi connectivity index (χ0v) is 25.6. The van der Waals surface area contributed by atoms with Gasteiger partial charge in [0.15, 0.2) is 11.5 Å². The Bertz CT molecular complexity index is 1540. The van der Waals surface area contributed by atoms with Crippen molar-refractivity contribution in [1.82, 2.24) is 9.80 Å². The summed E-state index contributed by atoms with van der Waals surface area (Å²) < 4.78 is 18.7. The monoisotopic (exact) mass is 576 g/mol. The number of piperidine rings is 1. The van der Waals surface area contributed by atoms with E-state index in [4.69, 9.17) is 14.2 Å². The fourth-order valence-corrected chi connectivity index (χ4v) is 11.2. The summed E-state index contributed by atoms with van der Waals surface area (Å²) in [7, 11) is 3.53.